The Labute approximate surface area is 105 Å². The van der Waals surface area contributed by atoms with Crippen molar-refractivity contribution in [2.75, 3.05) is 31.6 Å². The zero-order chi connectivity index (χ0) is 13.1. The number of hydrogen-bond acceptors (Lipinski definition) is 3. The van der Waals surface area contributed by atoms with Crippen LogP contribution in [-0.2, 0) is 6.54 Å². The predicted octanol–water partition coefficient (Wildman–Crippen LogP) is 1.50. The van der Waals surface area contributed by atoms with Crippen molar-refractivity contribution >= 4 is 5.69 Å². The highest BCUT2D eigenvalue weighted by atomic mass is 19.1. The summed E-state index contributed by atoms with van der Waals surface area (Å²) in [6.45, 7) is 1.60. The van der Waals surface area contributed by atoms with Crippen LogP contribution in [0, 0.1) is 17.6 Å². The molecule has 0 aliphatic carbocycles. The maximum atomic E-state index is 13.9. The van der Waals surface area contributed by atoms with E-state index < -0.39 is 11.6 Å². The van der Waals surface area contributed by atoms with Gasteiger partial charge in [-0.2, -0.15) is 0 Å². The van der Waals surface area contributed by atoms with Gasteiger partial charge in [-0.3, -0.25) is 0 Å². The molecule has 0 spiro atoms. The van der Waals surface area contributed by atoms with Crippen molar-refractivity contribution in [2.24, 2.45) is 5.92 Å². The van der Waals surface area contributed by atoms with Crippen LogP contribution in [0.4, 0.5) is 14.5 Å². The van der Waals surface area contributed by atoms with Gasteiger partial charge in [0.05, 0.1) is 0 Å². The van der Waals surface area contributed by atoms with Crippen molar-refractivity contribution in [2.45, 2.75) is 13.0 Å². The number of benzene rings is 1. The molecule has 2 N–H and O–H groups in total. The van der Waals surface area contributed by atoms with Crippen molar-refractivity contribution in [1.29, 1.82) is 0 Å². The number of aliphatic hydroxyl groups is 1. The first kappa shape index (κ1) is 13.2. The summed E-state index contributed by atoms with van der Waals surface area (Å²) in [4.78, 5) is 1.68. The maximum absolute atomic E-state index is 13.9. The molecular formula is C13H18F2N2O. The van der Waals surface area contributed by atoms with Gasteiger partial charge in [0.15, 0.2) is 0 Å². The topological polar surface area (TPSA) is 35.5 Å². The van der Waals surface area contributed by atoms with Crippen molar-refractivity contribution < 1.29 is 13.9 Å². The molecule has 1 aliphatic rings. The van der Waals surface area contributed by atoms with Crippen LogP contribution in [0.3, 0.4) is 0 Å². The summed E-state index contributed by atoms with van der Waals surface area (Å²) in [5, 5.41) is 11.9. The smallest absolute Gasteiger partial charge is 0.149 e. The Morgan fingerprint density at radius 1 is 1.39 bits per heavy atom. The monoisotopic (exact) mass is 256 g/mol. The van der Waals surface area contributed by atoms with E-state index in [0.717, 1.165) is 6.42 Å². The molecule has 5 heteroatoms. The highest BCUT2D eigenvalue weighted by Crippen LogP contribution is 2.29. The summed E-state index contributed by atoms with van der Waals surface area (Å²) in [5.74, 6) is -0.946. The van der Waals surface area contributed by atoms with Gasteiger partial charge >= 0.3 is 0 Å². The first-order chi connectivity index (χ1) is 8.65. The fourth-order valence-corrected chi connectivity index (χ4v) is 2.41. The normalized spacial score (nSPS) is 19.6. The number of halogens is 2. The van der Waals surface area contributed by atoms with E-state index in [9.17, 15) is 8.78 Å². The SMILES string of the molecule is CNCc1cc(F)c(N2CCC(CO)C2)c(F)c1. The van der Waals surface area contributed by atoms with Crippen LogP contribution in [0.5, 0.6) is 0 Å². The third kappa shape index (κ3) is 2.62. The van der Waals surface area contributed by atoms with E-state index in [-0.39, 0.29) is 18.2 Å². The van der Waals surface area contributed by atoms with Crippen LogP contribution in [0.25, 0.3) is 0 Å². The Balaban J connectivity index is 2.23. The molecule has 0 aromatic heterocycles. The molecular weight excluding hydrogens is 238 g/mol. The number of aliphatic hydroxyl groups excluding tert-OH is 1. The summed E-state index contributed by atoms with van der Waals surface area (Å²) in [6, 6.07) is 2.72. The molecule has 0 radical (unpaired) electrons. The van der Waals surface area contributed by atoms with Crippen LogP contribution >= 0.6 is 0 Å². The summed E-state index contributed by atoms with van der Waals surface area (Å²) in [7, 11) is 1.73. The highest BCUT2D eigenvalue weighted by molar-refractivity contribution is 5.51. The van der Waals surface area contributed by atoms with E-state index in [1.165, 1.54) is 12.1 Å². The van der Waals surface area contributed by atoms with E-state index in [4.69, 9.17) is 5.11 Å². The minimum absolute atomic E-state index is 0.0332. The van der Waals surface area contributed by atoms with Crippen molar-refractivity contribution in [3.05, 3.63) is 29.3 Å². The van der Waals surface area contributed by atoms with Crippen molar-refractivity contribution in [3.63, 3.8) is 0 Å². The lowest BCUT2D eigenvalue weighted by Crippen LogP contribution is -2.23. The molecule has 1 fully saturated rings. The third-order valence-electron chi connectivity index (χ3n) is 3.32. The quantitative estimate of drug-likeness (QED) is 0.857. The van der Waals surface area contributed by atoms with E-state index >= 15 is 0 Å². The number of rotatable bonds is 4. The molecule has 1 aromatic rings. The Kier molecular flexibility index (Phi) is 4.14. The van der Waals surface area contributed by atoms with Gasteiger partial charge in [0.2, 0.25) is 0 Å². The van der Waals surface area contributed by atoms with E-state index in [2.05, 4.69) is 5.32 Å². The second-order valence-electron chi connectivity index (χ2n) is 4.72. The number of nitrogens with one attached hydrogen (secondary N) is 1. The predicted molar refractivity (Wildman–Crippen MR) is 66.5 cm³/mol. The Morgan fingerprint density at radius 3 is 2.56 bits per heavy atom. The third-order valence-corrected chi connectivity index (χ3v) is 3.32. The van der Waals surface area contributed by atoms with Crippen LogP contribution < -0.4 is 10.2 Å². The first-order valence-corrected chi connectivity index (χ1v) is 6.14. The van der Waals surface area contributed by atoms with Crippen molar-refractivity contribution in [3.8, 4) is 0 Å². The molecule has 100 valence electrons. The van der Waals surface area contributed by atoms with E-state index in [0.29, 0.717) is 25.2 Å². The van der Waals surface area contributed by atoms with Gasteiger partial charge in [0.25, 0.3) is 0 Å². The molecule has 1 aliphatic heterocycles. The lowest BCUT2D eigenvalue weighted by molar-refractivity contribution is 0.238. The summed E-state index contributed by atoms with van der Waals surface area (Å²) < 4.78 is 27.9. The Hall–Kier alpha value is -1.20. The van der Waals surface area contributed by atoms with Crippen LogP contribution in [-0.4, -0.2) is 31.9 Å². The largest absolute Gasteiger partial charge is 0.396 e. The van der Waals surface area contributed by atoms with Gasteiger partial charge < -0.3 is 15.3 Å². The van der Waals surface area contributed by atoms with E-state index in [1.54, 1.807) is 11.9 Å². The molecule has 3 nitrogen and oxygen atoms in total. The molecule has 1 aromatic carbocycles. The zero-order valence-corrected chi connectivity index (χ0v) is 10.4. The van der Waals surface area contributed by atoms with Crippen LogP contribution in [0.15, 0.2) is 12.1 Å². The van der Waals surface area contributed by atoms with E-state index in [1.807, 2.05) is 0 Å². The second-order valence-corrected chi connectivity index (χ2v) is 4.72. The molecule has 18 heavy (non-hydrogen) atoms. The van der Waals surface area contributed by atoms with Crippen LogP contribution in [0.2, 0.25) is 0 Å². The number of nitrogens with zero attached hydrogens (tertiary/aromatic N) is 1. The minimum atomic E-state index is -0.529. The van der Waals surface area contributed by atoms with Gasteiger partial charge in [0.1, 0.15) is 17.3 Å². The van der Waals surface area contributed by atoms with Gasteiger partial charge in [-0.1, -0.05) is 0 Å². The minimum Gasteiger partial charge on any atom is -0.396 e. The van der Waals surface area contributed by atoms with Gasteiger partial charge in [0, 0.05) is 32.2 Å². The molecule has 0 saturated carbocycles. The molecule has 0 bridgehead atoms. The second kappa shape index (κ2) is 5.63. The summed E-state index contributed by atoms with van der Waals surface area (Å²) in [5.41, 5.74) is 0.625. The zero-order valence-electron chi connectivity index (χ0n) is 10.4. The maximum Gasteiger partial charge on any atom is 0.149 e. The van der Waals surface area contributed by atoms with Crippen molar-refractivity contribution in [1.82, 2.24) is 5.32 Å². The molecule has 1 unspecified atom stereocenters. The number of hydrogen-bond donors (Lipinski definition) is 2. The molecule has 1 atom stereocenters. The fraction of sp³-hybridized carbons (Fsp3) is 0.538. The molecule has 2 rings (SSSR count). The average molecular weight is 256 g/mol. The van der Waals surface area contributed by atoms with Gasteiger partial charge in [-0.05, 0) is 31.2 Å². The number of anilines is 1. The molecule has 0 amide bonds. The lowest BCUT2D eigenvalue weighted by Gasteiger charge is -2.20. The van der Waals surface area contributed by atoms with Gasteiger partial charge in [-0.25, -0.2) is 8.78 Å². The lowest BCUT2D eigenvalue weighted by atomic mass is 10.1. The molecule has 1 heterocycles. The fourth-order valence-electron chi connectivity index (χ4n) is 2.41. The van der Waals surface area contributed by atoms with Gasteiger partial charge in [-0.15, -0.1) is 0 Å². The van der Waals surface area contributed by atoms with Crippen LogP contribution in [0.1, 0.15) is 12.0 Å². The Morgan fingerprint density at radius 2 is 2.06 bits per heavy atom. The standard InChI is InChI=1S/C13H18F2N2O/c1-16-6-10-4-11(14)13(12(15)5-10)17-3-2-9(7-17)8-18/h4-5,9,16,18H,2-3,6-8H2,1H3. The molecule has 1 saturated heterocycles. The Bertz CT molecular complexity index is 402. The highest BCUT2D eigenvalue weighted by Gasteiger charge is 2.26. The summed E-state index contributed by atoms with van der Waals surface area (Å²) in [6.07, 6.45) is 0.771. The summed E-state index contributed by atoms with van der Waals surface area (Å²) >= 11 is 0. The first-order valence-electron chi connectivity index (χ1n) is 6.14. The average Bonchev–Trinajstić information content (AvgIpc) is 2.77.